The van der Waals surface area contributed by atoms with Gasteiger partial charge >= 0.3 is 0 Å². The third-order valence-corrected chi connectivity index (χ3v) is 9.22. The Labute approximate surface area is 269 Å². The highest BCUT2D eigenvalue weighted by Gasteiger charge is 2.33. The Morgan fingerprint density at radius 2 is 1.65 bits per heavy atom. The van der Waals surface area contributed by atoms with Crippen LogP contribution in [0.4, 0.5) is 0 Å². The van der Waals surface area contributed by atoms with Crippen molar-refractivity contribution in [3.63, 3.8) is 0 Å². The summed E-state index contributed by atoms with van der Waals surface area (Å²) in [7, 11) is 2.22. The summed E-state index contributed by atoms with van der Waals surface area (Å²) in [5, 5.41) is 5.93. The van der Waals surface area contributed by atoms with E-state index in [-0.39, 0.29) is 30.4 Å². The quantitative estimate of drug-likeness (QED) is 0.394. The molecule has 0 spiro atoms. The van der Waals surface area contributed by atoms with Crippen LogP contribution in [0.25, 0.3) is 12.2 Å². The van der Waals surface area contributed by atoms with Crippen molar-refractivity contribution in [2.75, 3.05) is 26.7 Å². The molecular weight excluding hydrogens is 577 g/mol. The van der Waals surface area contributed by atoms with Crippen molar-refractivity contribution in [1.82, 2.24) is 15.2 Å². The number of allylic oxidation sites excluding steroid dienone is 5. The molecular formula is C35H47Cl2N5O. The predicted molar refractivity (Wildman–Crippen MR) is 185 cm³/mol. The Balaban J connectivity index is 0.00000212. The second kappa shape index (κ2) is 14.4. The molecule has 8 bridgehead atoms. The van der Waals surface area contributed by atoms with Crippen molar-refractivity contribution in [3.05, 3.63) is 82.5 Å². The Morgan fingerprint density at radius 1 is 0.953 bits per heavy atom. The first-order valence-electron chi connectivity index (χ1n) is 15.5. The van der Waals surface area contributed by atoms with Gasteiger partial charge in [-0.2, -0.15) is 0 Å². The summed E-state index contributed by atoms with van der Waals surface area (Å²) >= 11 is 0. The Hall–Kier alpha value is -2.64. The highest BCUT2D eigenvalue weighted by atomic mass is 35.5. The zero-order valence-electron chi connectivity index (χ0n) is 25.9. The minimum Gasteiger partial charge on any atom is -0.377 e. The maximum atomic E-state index is 6.52. The number of hydrogen-bond donors (Lipinski definition) is 2. The van der Waals surface area contributed by atoms with Crippen molar-refractivity contribution in [3.8, 4) is 0 Å². The fourth-order valence-corrected chi connectivity index (χ4v) is 6.75. The summed E-state index contributed by atoms with van der Waals surface area (Å²) in [5.74, 6) is 2.15. The van der Waals surface area contributed by atoms with Crippen LogP contribution in [0.2, 0.25) is 0 Å². The van der Waals surface area contributed by atoms with Crippen LogP contribution in [0, 0.1) is 17.8 Å². The number of H-pyrrole nitrogens is 1. The minimum atomic E-state index is -0.195. The fourth-order valence-electron chi connectivity index (χ4n) is 6.75. The van der Waals surface area contributed by atoms with Gasteiger partial charge in [0, 0.05) is 29.5 Å². The second-order valence-electron chi connectivity index (χ2n) is 13.0. The highest BCUT2D eigenvalue weighted by molar-refractivity contribution is 6.20. The molecule has 43 heavy (non-hydrogen) atoms. The van der Waals surface area contributed by atoms with E-state index in [4.69, 9.17) is 14.7 Å². The third kappa shape index (κ3) is 8.30. The number of aromatic nitrogens is 1. The predicted octanol–water partition coefficient (Wildman–Crippen LogP) is 5.64. The SMILES string of the molecule is CC(C)[C@@H]1CC[C@@H](C)C[C@H]1OCCN(C)CCC12C=C3C=CC(=N3)C=c3ccc([nH]3)=CC3=NC(=CC(=CC1)N2)C=C3.Cl.Cl. The van der Waals surface area contributed by atoms with E-state index < -0.39 is 0 Å². The zero-order chi connectivity index (χ0) is 28.4. The van der Waals surface area contributed by atoms with E-state index in [1.54, 1.807) is 0 Å². The molecule has 232 valence electrons. The van der Waals surface area contributed by atoms with Gasteiger partial charge in [0.2, 0.25) is 0 Å². The molecule has 2 N–H and O–H groups in total. The van der Waals surface area contributed by atoms with Gasteiger partial charge in [-0.05, 0) is 111 Å². The fraction of sp³-hybridized carbons (Fsp3) is 0.486. The van der Waals surface area contributed by atoms with Crippen LogP contribution in [0.15, 0.2) is 81.7 Å². The second-order valence-corrected chi connectivity index (χ2v) is 13.0. The third-order valence-electron chi connectivity index (χ3n) is 9.22. The molecule has 8 heteroatoms. The summed E-state index contributed by atoms with van der Waals surface area (Å²) in [4.78, 5) is 15.6. The van der Waals surface area contributed by atoms with Gasteiger partial charge in [-0.15, -0.1) is 24.8 Å². The standard InChI is InChI=1S/C35H45N5O.2ClH/c1-24(2)33-12-5-25(3)19-34(33)41-18-17-40(4)16-15-35-14-13-31(39-35)22-30-9-8-27(37-30)20-26-6-7-28(36-26)21-29-10-11-32(23-35)38-29;;/h6-11,13,20-25,33-34,36,39H,5,12,14-19H2,1-4H3;2*1H/t25-,33+,34-,35?;;/m1../s1. The normalized spacial score (nSPS) is 27.2. The molecule has 4 atom stereocenters. The maximum absolute atomic E-state index is 6.52. The van der Waals surface area contributed by atoms with Crippen molar-refractivity contribution in [2.24, 2.45) is 27.7 Å². The van der Waals surface area contributed by atoms with Crippen molar-refractivity contribution in [1.29, 1.82) is 0 Å². The molecule has 1 aromatic rings. The average molecular weight is 625 g/mol. The van der Waals surface area contributed by atoms with Crippen LogP contribution < -0.4 is 16.0 Å². The van der Waals surface area contributed by atoms with Gasteiger partial charge in [-0.3, -0.25) is 0 Å². The van der Waals surface area contributed by atoms with Gasteiger partial charge in [0.15, 0.2) is 0 Å². The van der Waals surface area contributed by atoms with E-state index in [9.17, 15) is 0 Å². The molecule has 1 fully saturated rings. The van der Waals surface area contributed by atoms with E-state index in [1.807, 2.05) is 0 Å². The molecule has 0 radical (unpaired) electrons. The lowest BCUT2D eigenvalue weighted by molar-refractivity contribution is -0.0431. The van der Waals surface area contributed by atoms with Crippen LogP contribution >= 0.6 is 24.8 Å². The topological polar surface area (TPSA) is 65.0 Å². The molecule has 1 aromatic heterocycles. The largest absolute Gasteiger partial charge is 0.377 e. The lowest BCUT2D eigenvalue weighted by Crippen LogP contribution is -2.42. The number of hydrogen-bond acceptors (Lipinski definition) is 5. The Bertz CT molecular complexity index is 1490. The molecule has 6 nitrogen and oxygen atoms in total. The molecule has 1 saturated carbocycles. The Morgan fingerprint density at radius 3 is 2.37 bits per heavy atom. The lowest BCUT2D eigenvalue weighted by atomic mass is 9.75. The van der Waals surface area contributed by atoms with Crippen LogP contribution in [0.5, 0.6) is 0 Å². The van der Waals surface area contributed by atoms with Gasteiger partial charge in [0.25, 0.3) is 0 Å². The van der Waals surface area contributed by atoms with Gasteiger partial charge in [-0.1, -0.05) is 33.3 Å². The number of nitrogens with one attached hydrogen (secondary N) is 2. The molecule has 5 heterocycles. The van der Waals surface area contributed by atoms with Gasteiger partial charge < -0.3 is 19.9 Å². The number of likely N-dealkylation sites (N-methyl/N-ethyl adjacent to an activating group) is 1. The molecule has 5 aliphatic rings. The summed E-state index contributed by atoms with van der Waals surface area (Å²) in [5.41, 5.74) is 4.82. The minimum absolute atomic E-state index is 0. The number of rotatable bonds is 8. The van der Waals surface area contributed by atoms with E-state index in [0.717, 1.165) is 77.7 Å². The lowest BCUT2D eigenvalue weighted by Gasteiger charge is -2.37. The first-order valence-corrected chi connectivity index (χ1v) is 15.5. The highest BCUT2D eigenvalue weighted by Crippen LogP contribution is 2.35. The van der Waals surface area contributed by atoms with Gasteiger partial charge in [-0.25, -0.2) is 9.98 Å². The number of aliphatic imine (C=N–C) groups is 2. The monoisotopic (exact) mass is 623 g/mol. The number of ether oxygens (including phenoxy) is 1. The van der Waals surface area contributed by atoms with E-state index in [0.29, 0.717) is 17.9 Å². The van der Waals surface area contributed by atoms with Crippen molar-refractivity contribution in [2.45, 2.75) is 64.5 Å². The number of aromatic amines is 1. The molecule has 6 rings (SSSR count). The van der Waals surface area contributed by atoms with E-state index >= 15 is 0 Å². The van der Waals surface area contributed by atoms with Crippen molar-refractivity contribution < 1.29 is 4.74 Å². The molecule has 4 aliphatic heterocycles. The summed E-state index contributed by atoms with van der Waals surface area (Å²) in [6, 6.07) is 4.17. The van der Waals surface area contributed by atoms with Crippen LogP contribution in [-0.2, 0) is 4.74 Å². The molecule has 1 unspecified atom stereocenters. The summed E-state index contributed by atoms with van der Waals surface area (Å²) < 4.78 is 6.52. The summed E-state index contributed by atoms with van der Waals surface area (Å²) in [6.07, 6.45) is 25.5. The van der Waals surface area contributed by atoms with E-state index in [2.05, 4.69) is 110 Å². The average Bonchev–Trinajstić information content (AvgIpc) is 3.73. The molecule has 0 aromatic carbocycles. The molecule has 0 saturated heterocycles. The smallest absolute Gasteiger partial charge is 0.0658 e. The van der Waals surface area contributed by atoms with E-state index in [1.165, 1.54) is 19.3 Å². The number of nitrogens with zero attached hydrogens (tertiary/aromatic N) is 3. The summed E-state index contributed by atoms with van der Waals surface area (Å²) in [6.45, 7) is 9.80. The zero-order valence-corrected chi connectivity index (χ0v) is 27.5. The van der Waals surface area contributed by atoms with Gasteiger partial charge in [0.1, 0.15) is 0 Å². The van der Waals surface area contributed by atoms with Gasteiger partial charge in [0.05, 0.1) is 41.1 Å². The number of halogens is 2. The molecule has 1 aliphatic carbocycles. The maximum Gasteiger partial charge on any atom is 0.0658 e. The van der Waals surface area contributed by atoms with Crippen LogP contribution in [-0.4, -0.2) is 59.7 Å². The Kier molecular flexibility index (Phi) is 11.2. The number of fused-ring (bicyclic) bond motifs is 6. The first-order chi connectivity index (χ1) is 19.8. The van der Waals surface area contributed by atoms with Crippen molar-refractivity contribution >= 4 is 48.4 Å². The van der Waals surface area contributed by atoms with Crippen LogP contribution in [0.3, 0.4) is 0 Å². The molecule has 0 amide bonds. The first kappa shape index (κ1) is 33.3. The van der Waals surface area contributed by atoms with Crippen LogP contribution in [0.1, 0.15) is 52.9 Å².